The van der Waals surface area contributed by atoms with E-state index in [2.05, 4.69) is 4.99 Å². The molecule has 0 amide bonds. The lowest BCUT2D eigenvalue weighted by molar-refractivity contribution is -0.137. The number of sulfone groups is 1. The maximum Gasteiger partial charge on any atom is 0.416 e. The van der Waals surface area contributed by atoms with Gasteiger partial charge in [0.2, 0.25) is 9.84 Å². The Morgan fingerprint density at radius 3 is 2.24 bits per heavy atom. The highest BCUT2D eigenvalue weighted by Crippen LogP contribution is 2.31. The Labute approximate surface area is 188 Å². The van der Waals surface area contributed by atoms with Crippen LogP contribution in [-0.2, 0) is 16.0 Å². The molecule has 0 unspecified atom stereocenters. The fourth-order valence-electron chi connectivity index (χ4n) is 2.98. The first kappa shape index (κ1) is 24.0. The molecule has 0 aromatic heterocycles. The van der Waals surface area contributed by atoms with Gasteiger partial charge in [-0.25, -0.2) is 13.4 Å². The van der Waals surface area contributed by atoms with Gasteiger partial charge < -0.3 is 9.47 Å². The first-order valence-corrected chi connectivity index (χ1v) is 10.9. The molecule has 0 atom stereocenters. The van der Waals surface area contributed by atoms with Crippen molar-refractivity contribution >= 4 is 21.9 Å². The predicted molar refractivity (Wildman–Crippen MR) is 117 cm³/mol. The number of nitrogens with one attached hydrogen (secondary N) is 1. The van der Waals surface area contributed by atoms with Gasteiger partial charge in [-0.05, 0) is 48.5 Å². The summed E-state index contributed by atoms with van der Waals surface area (Å²) in [5, 5.41) is 8.28. The second-order valence-corrected chi connectivity index (χ2v) is 8.65. The van der Waals surface area contributed by atoms with Crippen LogP contribution in [-0.4, -0.2) is 34.7 Å². The number of methoxy groups -OCH3 is 2. The number of nitrogens with zero attached hydrogens (tertiary/aromatic N) is 1. The molecule has 0 spiro atoms. The highest BCUT2D eigenvalue weighted by molar-refractivity contribution is 7.91. The van der Waals surface area contributed by atoms with Gasteiger partial charge >= 0.3 is 6.18 Å². The molecule has 0 bridgehead atoms. The van der Waals surface area contributed by atoms with Crippen molar-refractivity contribution in [1.82, 2.24) is 0 Å². The number of rotatable bonds is 6. The maximum absolute atomic E-state index is 13.1. The topological polar surface area (TPSA) is 88.8 Å². The second kappa shape index (κ2) is 9.45. The predicted octanol–water partition coefficient (Wildman–Crippen LogP) is 5.00. The highest BCUT2D eigenvalue weighted by atomic mass is 32.2. The van der Waals surface area contributed by atoms with E-state index in [0.29, 0.717) is 29.2 Å². The van der Waals surface area contributed by atoms with E-state index in [1.54, 1.807) is 24.3 Å². The van der Waals surface area contributed by atoms with Crippen LogP contribution < -0.4 is 9.47 Å². The van der Waals surface area contributed by atoms with Crippen molar-refractivity contribution in [2.45, 2.75) is 16.0 Å². The summed E-state index contributed by atoms with van der Waals surface area (Å²) < 4.78 is 75.0. The molecule has 172 valence electrons. The zero-order valence-electron chi connectivity index (χ0n) is 17.6. The van der Waals surface area contributed by atoms with E-state index in [4.69, 9.17) is 14.9 Å². The van der Waals surface area contributed by atoms with Crippen LogP contribution in [0, 0.1) is 5.41 Å². The number of ether oxygens (including phenoxy) is 2. The Bertz CT molecular complexity index is 1300. The van der Waals surface area contributed by atoms with Gasteiger partial charge in [-0.15, -0.1) is 0 Å². The molecule has 3 aromatic rings. The van der Waals surface area contributed by atoms with Crippen molar-refractivity contribution in [2.24, 2.45) is 4.99 Å². The average Bonchev–Trinajstić information content (AvgIpc) is 2.81. The average molecular weight is 476 g/mol. The summed E-state index contributed by atoms with van der Waals surface area (Å²) in [7, 11) is -1.23. The number of hydrogen-bond acceptors (Lipinski definition) is 5. The molecule has 0 aliphatic rings. The first-order chi connectivity index (χ1) is 15.6. The molecule has 0 fully saturated rings. The van der Waals surface area contributed by atoms with E-state index in [1.807, 2.05) is 0 Å². The van der Waals surface area contributed by atoms with Crippen molar-refractivity contribution in [2.75, 3.05) is 14.2 Å². The summed E-state index contributed by atoms with van der Waals surface area (Å²) in [6, 6.07) is 14.0. The molecule has 0 aliphatic carbocycles. The van der Waals surface area contributed by atoms with E-state index in [-0.39, 0.29) is 21.2 Å². The quantitative estimate of drug-likeness (QED) is 0.401. The third-order valence-electron chi connectivity index (χ3n) is 4.69. The van der Waals surface area contributed by atoms with Crippen molar-refractivity contribution in [1.29, 1.82) is 5.41 Å². The molecule has 3 rings (SSSR count). The minimum atomic E-state index is -4.58. The van der Waals surface area contributed by atoms with Crippen LogP contribution in [0.4, 0.5) is 13.2 Å². The Morgan fingerprint density at radius 2 is 1.64 bits per heavy atom. The first-order valence-electron chi connectivity index (χ1n) is 9.44. The van der Waals surface area contributed by atoms with Crippen molar-refractivity contribution in [3.05, 3.63) is 83.4 Å². The summed E-state index contributed by atoms with van der Waals surface area (Å²) in [6.45, 7) is 0. The summed E-state index contributed by atoms with van der Waals surface area (Å²) in [5.74, 6) is 0.659. The number of alkyl halides is 3. The molecular weight excluding hydrogens is 457 g/mol. The standard InChI is InChI=1S/C23H19F3N2O4S/c1-31-17-9-12-20(32-2)19(13-17)22(27)28-14-15-5-3-4-6-21(15)33(29,30)18-10-7-16(8-11-18)23(24,25)26/h3-14,27H,1-2H3. The number of amidine groups is 1. The maximum atomic E-state index is 13.1. The van der Waals surface area contributed by atoms with Crippen LogP contribution in [0.2, 0.25) is 0 Å². The summed E-state index contributed by atoms with van der Waals surface area (Å²) >= 11 is 0. The molecular formula is C23H19F3N2O4S. The number of benzene rings is 3. The van der Waals surface area contributed by atoms with E-state index in [1.165, 1.54) is 38.6 Å². The molecule has 10 heteroatoms. The smallest absolute Gasteiger partial charge is 0.416 e. The number of aliphatic imine (C=N–C) groups is 1. The third-order valence-corrected chi connectivity index (χ3v) is 6.54. The minimum Gasteiger partial charge on any atom is -0.497 e. The second-order valence-electron chi connectivity index (χ2n) is 6.74. The van der Waals surface area contributed by atoms with Gasteiger partial charge in [0, 0.05) is 11.8 Å². The van der Waals surface area contributed by atoms with Gasteiger partial charge in [-0.2, -0.15) is 13.2 Å². The SMILES string of the molecule is COc1ccc(OC)c(C(=N)N=Cc2ccccc2S(=O)(=O)c2ccc(C(F)(F)F)cc2)c1. The molecule has 1 N–H and O–H groups in total. The fraction of sp³-hybridized carbons (Fsp3) is 0.130. The van der Waals surface area contributed by atoms with E-state index >= 15 is 0 Å². The van der Waals surface area contributed by atoms with Crippen LogP contribution in [0.3, 0.4) is 0 Å². The molecule has 0 saturated carbocycles. The van der Waals surface area contributed by atoms with Gasteiger partial charge in [-0.3, -0.25) is 5.41 Å². The Hall–Kier alpha value is -3.66. The minimum absolute atomic E-state index is 0.154. The lowest BCUT2D eigenvalue weighted by atomic mass is 10.1. The van der Waals surface area contributed by atoms with Crippen LogP contribution in [0.15, 0.2) is 81.5 Å². The van der Waals surface area contributed by atoms with Crippen LogP contribution >= 0.6 is 0 Å². The lowest BCUT2D eigenvalue weighted by Gasteiger charge is -2.11. The van der Waals surface area contributed by atoms with E-state index in [0.717, 1.165) is 12.1 Å². The lowest BCUT2D eigenvalue weighted by Crippen LogP contribution is -2.08. The summed E-state index contributed by atoms with van der Waals surface area (Å²) in [4.78, 5) is 3.63. The molecule has 0 aliphatic heterocycles. The van der Waals surface area contributed by atoms with E-state index in [9.17, 15) is 21.6 Å². The zero-order chi connectivity index (χ0) is 24.2. The molecule has 0 saturated heterocycles. The summed E-state index contributed by atoms with van der Waals surface area (Å²) in [6.07, 6.45) is -3.37. The fourth-order valence-corrected chi connectivity index (χ4v) is 4.42. The van der Waals surface area contributed by atoms with Crippen LogP contribution in [0.1, 0.15) is 16.7 Å². The van der Waals surface area contributed by atoms with Gasteiger partial charge in [0.05, 0.1) is 35.1 Å². The Kier molecular flexibility index (Phi) is 6.87. The van der Waals surface area contributed by atoms with Crippen molar-refractivity contribution in [3.63, 3.8) is 0 Å². The van der Waals surface area contributed by atoms with Gasteiger partial charge in [0.25, 0.3) is 0 Å². The van der Waals surface area contributed by atoms with Crippen molar-refractivity contribution < 1.29 is 31.1 Å². The highest BCUT2D eigenvalue weighted by Gasteiger charge is 2.31. The zero-order valence-corrected chi connectivity index (χ0v) is 18.4. The number of halogens is 3. The van der Waals surface area contributed by atoms with Crippen molar-refractivity contribution in [3.8, 4) is 11.5 Å². The van der Waals surface area contributed by atoms with Crippen LogP contribution in [0.5, 0.6) is 11.5 Å². The summed E-state index contributed by atoms with van der Waals surface area (Å²) in [5.41, 5.74) is -0.447. The monoisotopic (exact) mass is 476 g/mol. The molecule has 33 heavy (non-hydrogen) atoms. The molecule has 3 aromatic carbocycles. The van der Waals surface area contributed by atoms with Gasteiger partial charge in [0.1, 0.15) is 11.5 Å². The largest absolute Gasteiger partial charge is 0.497 e. The van der Waals surface area contributed by atoms with Crippen LogP contribution in [0.25, 0.3) is 0 Å². The molecule has 6 nitrogen and oxygen atoms in total. The molecule has 0 heterocycles. The Morgan fingerprint density at radius 1 is 0.970 bits per heavy atom. The normalized spacial score (nSPS) is 12.0. The van der Waals surface area contributed by atoms with E-state index < -0.39 is 21.6 Å². The van der Waals surface area contributed by atoms with Gasteiger partial charge in [0.15, 0.2) is 5.84 Å². The number of hydrogen-bond donors (Lipinski definition) is 1. The molecule has 0 radical (unpaired) electrons. The Balaban J connectivity index is 1.97. The third kappa shape index (κ3) is 5.23. The van der Waals surface area contributed by atoms with Gasteiger partial charge in [-0.1, -0.05) is 18.2 Å².